The van der Waals surface area contributed by atoms with Gasteiger partial charge in [0.15, 0.2) is 5.11 Å². The number of hydrogen-bond acceptors (Lipinski definition) is 4. The van der Waals surface area contributed by atoms with Crippen molar-refractivity contribution >= 4 is 23.2 Å². The van der Waals surface area contributed by atoms with Crippen LogP contribution in [0, 0.1) is 0 Å². The normalized spacial score (nSPS) is 14.8. The zero-order chi connectivity index (χ0) is 19.5. The highest BCUT2D eigenvalue weighted by Gasteiger charge is 2.22. The number of amides is 1. The third-order valence-electron chi connectivity index (χ3n) is 4.83. The van der Waals surface area contributed by atoms with Crippen LogP contribution < -0.4 is 15.0 Å². The first kappa shape index (κ1) is 21.6. The first-order valence-corrected chi connectivity index (χ1v) is 10.3. The van der Waals surface area contributed by atoms with Gasteiger partial charge in [-0.3, -0.25) is 10.1 Å². The minimum atomic E-state index is -0.195. The van der Waals surface area contributed by atoms with E-state index in [1.54, 1.807) is 12.1 Å². The van der Waals surface area contributed by atoms with Gasteiger partial charge in [-0.1, -0.05) is 26.2 Å². The van der Waals surface area contributed by atoms with Crippen molar-refractivity contribution < 1.29 is 19.5 Å². The van der Waals surface area contributed by atoms with Gasteiger partial charge in [0.05, 0.1) is 39.4 Å². The van der Waals surface area contributed by atoms with Gasteiger partial charge in [0, 0.05) is 5.56 Å². The molecule has 1 fully saturated rings. The number of ether oxygens (including phenoxy) is 1. The van der Waals surface area contributed by atoms with E-state index in [9.17, 15) is 4.79 Å². The lowest BCUT2D eigenvalue weighted by Crippen LogP contribution is -3.15. The van der Waals surface area contributed by atoms with E-state index in [2.05, 4.69) is 12.2 Å². The van der Waals surface area contributed by atoms with Gasteiger partial charge >= 0.3 is 0 Å². The van der Waals surface area contributed by atoms with E-state index in [-0.39, 0.29) is 12.5 Å². The van der Waals surface area contributed by atoms with Crippen LogP contribution in [-0.4, -0.2) is 67.0 Å². The molecule has 1 aromatic rings. The van der Waals surface area contributed by atoms with Crippen LogP contribution in [0.3, 0.4) is 0 Å². The van der Waals surface area contributed by atoms with Crippen molar-refractivity contribution in [2.75, 3.05) is 45.9 Å². The molecular formula is C20H32N3O3S+. The third kappa shape index (κ3) is 7.44. The molecule has 1 aliphatic rings. The second-order valence-corrected chi connectivity index (χ2v) is 7.29. The number of carbonyl (C=O) groups is 1. The number of rotatable bonds is 9. The summed E-state index contributed by atoms with van der Waals surface area (Å²) in [5.41, 5.74) is 0.570. The average molecular weight is 395 g/mol. The summed E-state index contributed by atoms with van der Waals surface area (Å²) in [6, 6.07) is 7.19. The molecule has 7 heteroatoms. The molecule has 27 heavy (non-hydrogen) atoms. The number of thiocarbonyl (C=S) groups is 1. The molecule has 0 atom stereocenters. The largest absolute Gasteiger partial charge is 0.494 e. The standard InChI is InChI=1S/C20H31N3O3S/c1-2-3-4-5-16-26-18-8-6-17(7-9-18)19(25)21-20(27)23-12-10-22(11-13-23)14-15-24/h6-9,24H,2-5,10-16H2,1H3,(H,21,25,27)/p+1. The number of nitrogens with zero attached hydrogens (tertiary/aromatic N) is 1. The topological polar surface area (TPSA) is 66.2 Å². The quantitative estimate of drug-likeness (QED) is 0.428. The predicted octanol–water partition coefficient (Wildman–Crippen LogP) is 0.853. The number of nitrogens with one attached hydrogen (secondary N) is 2. The highest BCUT2D eigenvalue weighted by molar-refractivity contribution is 7.80. The predicted molar refractivity (Wildman–Crippen MR) is 110 cm³/mol. The molecule has 150 valence electrons. The minimum Gasteiger partial charge on any atom is -0.494 e. The summed E-state index contributed by atoms with van der Waals surface area (Å²) in [5.74, 6) is 0.591. The van der Waals surface area contributed by atoms with E-state index in [0.717, 1.165) is 44.9 Å². The van der Waals surface area contributed by atoms with Crippen molar-refractivity contribution in [2.45, 2.75) is 32.6 Å². The number of hydrogen-bond donors (Lipinski definition) is 3. The van der Waals surface area contributed by atoms with Crippen molar-refractivity contribution in [3.05, 3.63) is 29.8 Å². The molecule has 0 aromatic heterocycles. The van der Waals surface area contributed by atoms with E-state index >= 15 is 0 Å². The number of quaternary nitrogens is 1. The van der Waals surface area contributed by atoms with Gasteiger partial charge in [0.2, 0.25) is 0 Å². The molecule has 1 saturated heterocycles. The summed E-state index contributed by atoms with van der Waals surface area (Å²) < 4.78 is 5.71. The van der Waals surface area contributed by atoms with Gasteiger partial charge in [-0.25, -0.2) is 0 Å². The van der Waals surface area contributed by atoms with Crippen molar-refractivity contribution in [3.8, 4) is 5.75 Å². The maximum Gasteiger partial charge on any atom is 0.257 e. The average Bonchev–Trinajstić information content (AvgIpc) is 2.69. The number of benzene rings is 1. The second kappa shape index (κ2) is 11.9. The summed E-state index contributed by atoms with van der Waals surface area (Å²) in [6.45, 7) is 7.28. The van der Waals surface area contributed by atoms with Crippen LogP contribution in [0.4, 0.5) is 0 Å². The number of carbonyl (C=O) groups excluding carboxylic acids is 1. The van der Waals surface area contributed by atoms with Crippen molar-refractivity contribution in [1.29, 1.82) is 0 Å². The Balaban J connectivity index is 1.74. The molecule has 1 aromatic carbocycles. The van der Waals surface area contributed by atoms with Gasteiger partial charge in [-0.05, 0) is 42.9 Å². The molecule has 2 rings (SSSR count). The molecule has 1 amide bonds. The number of aliphatic hydroxyl groups is 1. The van der Waals surface area contributed by atoms with Crippen molar-refractivity contribution in [2.24, 2.45) is 0 Å². The Morgan fingerprint density at radius 1 is 1.22 bits per heavy atom. The summed E-state index contributed by atoms with van der Waals surface area (Å²) in [7, 11) is 0. The van der Waals surface area contributed by atoms with E-state index in [1.165, 1.54) is 24.2 Å². The lowest BCUT2D eigenvalue weighted by molar-refractivity contribution is -0.904. The Kier molecular flexibility index (Phi) is 9.52. The third-order valence-corrected chi connectivity index (χ3v) is 5.19. The molecule has 0 spiro atoms. The monoisotopic (exact) mass is 394 g/mol. The zero-order valence-electron chi connectivity index (χ0n) is 16.2. The molecule has 1 aliphatic heterocycles. The van der Waals surface area contributed by atoms with Crippen LogP contribution in [0.25, 0.3) is 0 Å². The number of aliphatic hydroxyl groups excluding tert-OH is 1. The van der Waals surface area contributed by atoms with E-state index < -0.39 is 0 Å². The molecule has 3 N–H and O–H groups in total. The smallest absolute Gasteiger partial charge is 0.257 e. The molecular weight excluding hydrogens is 362 g/mol. The van der Waals surface area contributed by atoms with E-state index in [1.807, 2.05) is 17.0 Å². The minimum absolute atomic E-state index is 0.195. The Bertz CT molecular complexity index is 587. The first-order valence-electron chi connectivity index (χ1n) is 9.91. The fraction of sp³-hybridized carbons (Fsp3) is 0.600. The van der Waals surface area contributed by atoms with Crippen molar-refractivity contribution in [3.63, 3.8) is 0 Å². The van der Waals surface area contributed by atoms with E-state index in [4.69, 9.17) is 22.1 Å². The van der Waals surface area contributed by atoms with E-state index in [0.29, 0.717) is 17.3 Å². The highest BCUT2D eigenvalue weighted by Crippen LogP contribution is 2.13. The Labute approximate surface area is 167 Å². The van der Waals surface area contributed by atoms with Crippen LogP contribution >= 0.6 is 12.2 Å². The molecule has 0 bridgehead atoms. The van der Waals surface area contributed by atoms with Gasteiger partial charge < -0.3 is 19.6 Å². The van der Waals surface area contributed by atoms with Gasteiger partial charge in [0.25, 0.3) is 5.91 Å². The lowest BCUT2D eigenvalue weighted by Gasteiger charge is -2.33. The summed E-state index contributed by atoms with van der Waals surface area (Å²) in [5, 5.41) is 12.3. The fourth-order valence-electron chi connectivity index (χ4n) is 3.10. The molecule has 0 saturated carbocycles. The van der Waals surface area contributed by atoms with Crippen LogP contribution in [0.15, 0.2) is 24.3 Å². The Hall–Kier alpha value is -1.70. The fourth-order valence-corrected chi connectivity index (χ4v) is 3.38. The summed E-state index contributed by atoms with van der Waals surface area (Å²) in [6.07, 6.45) is 4.69. The Morgan fingerprint density at radius 3 is 2.56 bits per heavy atom. The maximum absolute atomic E-state index is 12.4. The van der Waals surface area contributed by atoms with Gasteiger partial charge in [-0.2, -0.15) is 0 Å². The maximum atomic E-state index is 12.4. The lowest BCUT2D eigenvalue weighted by atomic mass is 10.2. The van der Waals surface area contributed by atoms with Crippen molar-refractivity contribution in [1.82, 2.24) is 10.2 Å². The van der Waals surface area contributed by atoms with Gasteiger partial charge in [-0.15, -0.1) is 0 Å². The highest BCUT2D eigenvalue weighted by atomic mass is 32.1. The molecule has 0 radical (unpaired) electrons. The van der Waals surface area contributed by atoms with Gasteiger partial charge in [0.1, 0.15) is 12.3 Å². The first-order chi connectivity index (χ1) is 13.1. The molecule has 6 nitrogen and oxygen atoms in total. The second-order valence-electron chi connectivity index (χ2n) is 6.90. The van der Waals surface area contributed by atoms with Crippen LogP contribution in [0.2, 0.25) is 0 Å². The number of unbranched alkanes of at least 4 members (excludes halogenated alkanes) is 3. The zero-order valence-corrected chi connectivity index (χ0v) is 17.0. The van der Waals surface area contributed by atoms with Crippen LogP contribution in [0.1, 0.15) is 43.0 Å². The SMILES string of the molecule is CCCCCCOc1ccc(C(=O)NC(=S)N2CC[NH+](CCO)CC2)cc1. The number of piperazine rings is 1. The summed E-state index contributed by atoms with van der Waals surface area (Å²) >= 11 is 5.38. The Morgan fingerprint density at radius 2 is 1.93 bits per heavy atom. The molecule has 1 heterocycles. The molecule has 0 unspecified atom stereocenters. The summed E-state index contributed by atoms with van der Waals surface area (Å²) in [4.78, 5) is 15.8. The molecule has 0 aliphatic carbocycles. The van der Waals surface area contributed by atoms with Crippen LogP contribution in [-0.2, 0) is 0 Å². The van der Waals surface area contributed by atoms with Crippen LogP contribution in [0.5, 0.6) is 5.75 Å².